The van der Waals surface area contributed by atoms with Gasteiger partial charge in [-0.1, -0.05) is 12.1 Å². The van der Waals surface area contributed by atoms with E-state index in [0.29, 0.717) is 27.7 Å². The number of amides is 1. The Balaban J connectivity index is 1.66. The summed E-state index contributed by atoms with van der Waals surface area (Å²) in [5, 5.41) is 6.52. The molecule has 8 nitrogen and oxygen atoms in total. The molecule has 0 aliphatic carbocycles. The monoisotopic (exact) mass is 443 g/mol. The Bertz CT molecular complexity index is 1160. The summed E-state index contributed by atoms with van der Waals surface area (Å²) in [6.07, 6.45) is 2.43. The van der Waals surface area contributed by atoms with Gasteiger partial charge in [-0.05, 0) is 52.7 Å². The average Bonchev–Trinajstić information content (AvgIpc) is 3.22. The minimum absolute atomic E-state index is 0.0590. The SMILES string of the molecule is O=C(Nc1cc(Cn2c(=O)[nH]c(=O)c3ccccc32)cnc1Br)[C@H]1CCNC1. The minimum atomic E-state index is -0.491. The number of para-hydroxylation sites is 1. The van der Waals surface area contributed by atoms with Crippen LogP contribution in [0.25, 0.3) is 10.9 Å². The Hall–Kier alpha value is -2.78. The predicted molar refractivity (Wildman–Crippen MR) is 109 cm³/mol. The molecule has 2 aromatic heterocycles. The summed E-state index contributed by atoms with van der Waals surface area (Å²) in [5.74, 6) is -0.127. The van der Waals surface area contributed by atoms with Crippen LogP contribution in [-0.2, 0) is 11.3 Å². The number of benzene rings is 1. The van der Waals surface area contributed by atoms with Crippen LogP contribution in [-0.4, -0.2) is 33.5 Å². The lowest BCUT2D eigenvalue weighted by Gasteiger charge is -2.13. The van der Waals surface area contributed by atoms with Crippen LogP contribution in [0.5, 0.6) is 0 Å². The van der Waals surface area contributed by atoms with Crippen LogP contribution in [0.4, 0.5) is 5.69 Å². The van der Waals surface area contributed by atoms with Gasteiger partial charge in [-0.15, -0.1) is 0 Å². The van der Waals surface area contributed by atoms with E-state index in [1.807, 2.05) is 0 Å². The van der Waals surface area contributed by atoms with Crippen LogP contribution in [0, 0.1) is 5.92 Å². The first kappa shape index (κ1) is 18.6. The maximum Gasteiger partial charge on any atom is 0.329 e. The molecule has 0 bridgehead atoms. The molecule has 0 unspecified atom stereocenters. The maximum atomic E-state index is 12.4. The lowest BCUT2D eigenvalue weighted by atomic mass is 10.1. The zero-order chi connectivity index (χ0) is 19.7. The van der Waals surface area contributed by atoms with Gasteiger partial charge in [0.1, 0.15) is 4.60 Å². The van der Waals surface area contributed by atoms with Gasteiger partial charge in [0.2, 0.25) is 5.91 Å². The summed E-state index contributed by atoms with van der Waals surface area (Å²) in [6, 6.07) is 8.71. The van der Waals surface area contributed by atoms with Gasteiger partial charge in [0.25, 0.3) is 5.56 Å². The number of fused-ring (bicyclic) bond motifs is 1. The van der Waals surface area contributed by atoms with E-state index >= 15 is 0 Å². The molecule has 0 saturated carbocycles. The highest BCUT2D eigenvalue weighted by atomic mass is 79.9. The molecule has 1 aromatic carbocycles. The van der Waals surface area contributed by atoms with Crippen LogP contribution < -0.4 is 21.9 Å². The number of carbonyl (C=O) groups is 1. The number of anilines is 1. The smallest absolute Gasteiger partial charge is 0.323 e. The highest BCUT2D eigenvalue weighted by Crippen LogP contribution is 2.23. The number of pyridine rings is 1. The van der Waals surface area contributed by atoms with E-state index in [-0.39, 0.29) is 18.4 Å². The number of nitrogens with one attached hydrogen (secondary N) is 3. The second-order valence-electron chi connectivity index (χ2n) is 6.72. The van der Waals surface area contributed by atoms with Crippen molar-refractivity contribution in [2.75, 3.05) is 18.4 Å². The maximum absolute atomic E-state index is 12.4. The number of rotatable bonds is 4. The van der Waals surface area contributed by atoms with Gasteiger partial charge in [-0.25, -0.2) is 9.78 Å². The van der Waals surface area contributed by atoms with Crippen molar-refractivity contribution in [1.82, 2.24) is 19.9 Å². The fraction of sp³-hybridized carbons (Fsp3) is 0.263. The molecule has 3 N–H and O–H groups in total. The van der Waals surface area contributed by atoms with Gasteiger partial charge < -0.3 is 10.6 Å². The first-order chi connectivity index (χ1) is 13.5. The molecule has 144 valence electrons. The lowest BCUT2D eigenvalue weighted by molar-refractivity contribution is -0.119. The molecule has 1 aliphatic heterocycles. The number of carbonyl (C=O) groups excluding carboxylic acids is 1. The van der Waals surface area contributed by atoms with Gasteiger partial charge >= 0.3 is 5.69 Å². The zero-order valence-corrected chi connectivity index (χ0v) is 16.5. The predicted octanol–water partition coefficient (Wildman–Crippen LogP) is 1.44. The van der Waals surface area contributed by atoms with Crippen molar-refractivity contribution < 1.29 is 4.79 Å². The first-order valence-electron chi connectivity index (χ1n) is 8.91. The molecule has 1 saturated heterocycles. The molecule has 1 fully saturated rings. The second kappa shape index (κ2) is 7.69. The van der Waals surface area contributed by atoms with Crippen LogP contribution in [0.15, 0.2) is 50.7 Å². The van der Waals surface area contributed by atoms with Crippen molar-refractivity contribution in [1.29, 1.82) is 0 Å². The Morgan fingerprint density at radius 2 is 2.14 bits per heavy atom. The molecule has 1 amide bonds. The fourth-order valence-electron chi connectivity index (χ4n) is 3.36. The zero-order valence-electron chi connectivity index (χ0n) is 14.9. The molecule has 3 heterocycles. The molecule has 9 heteroatoms. The molecule has 28 heavy (non-hydrogen) atoms. The number of nitrogens with zero attached hydrogens (tertiary/aromatic N) is 2. The minimum Gasteiger partial charge on any atom is -0.323 e. The van der Waals surface area contributed by atoms with Crippen molar-refractivity contribution >= 4 is 38.4 Å². The Morgan fingerprint density at radius 3 is 2.93 bits per heavy atom. The molecular weight excluding hydrogens is 426 g/mol. The molecule has 0 spiro atoms. The summed E-state index contributed by atoms with van der Waals surface area (Å²) in [6.45, 7) is 1.71. The number of aromatic nitrogens is 3. The molecule has 1 aliphatic rings. The third-order valence-corrected chi connectivity index (χ3v) is 5.46. The average molecular weight is 444 g/mol. The van der Waals surface area contributed by atoms with Crippen molar-refractivity contribution in [3.63, 3.8) is 0 Å². The Morgan fingerprint density at radius 1 is 1.32 bits per heavy atom. The number of aromatic amines is 1. The highest BCUT2D eigenvalue weighted by molar-refractivity contribution is 9.10. The number of hydrogen-bond acceptors (Lipinski definition) is 5. The third-order valence-electron chi connectivity index (χ3n) is 4.83. The second-order valence-corrected chi connectivity index (χ2v) is 7.47. The van der Waals surface area contributed by atoms with Crippen LogP contribution in [0.2, 0.25) is 0 Å². The first-order valence-corrected chi connectivity index (χ1v) is 9.70. The van der Waals surface area contributed by atoms with Gasteiger partial charge in [-0.3, -0.25) is 19.1 Å². The summed E-state index contributed by atoms with van der Waals surface area (Å²) < 4.78 is 2.00. The third kappa shape index (κ3) is 3.63. The molecule has 0 radical (unpaired) electrons. The summed E-state index contributed by atoms with van der Waals surface area (Å²) >= 11 is 3.36. The molecule has 1 atom stereocenters. The lowest BCUT2D eigenvalue weighted by Crippen LogP contribution is -2.30. The topological polar surface area (TPSA) is 109 Å². The Labute approximate surface area is 168 Å². The summed E-state index contributed by atoms with van der Waals surface area (Å²) in [4.78, 5) is 43.4. The summed E-state index contributed by atoms with van der Waals surface area (Å²) in [7, 11) is 0. The quantitative estimate of drug-likeness (QED) is 0.528. The van der Waals surface area contributed by atoms with Crippen LogP contribution in [0.3, 0.4) is 0 Å². The van der Waals surface area contributed by atoms with Gasteiger partial charge in [0.15, 0.2) is 0 Å². The van der Waals surface area contributed by atoms with Crippen molar-refractivity contribution in [2.24, 2.45) is 5.92 Å². The van der Waals surface area contributed by atoms with Gasteiger partial charge in [0, 0.05) is 12.7 Å². The van der Waals surface area contributed by atoms with E-state index in [2.05, 4.69) is 36.5 Å². The van der Waals surface area contributed by atoms with Crippen LogP contribution in [0.1, 0.15) is 12.0 Å². The van der Waals surface area contributed by atoms with Crippen molar-refractivity contribution in [3.05, 3.63) is 67.5 Å². The highest BCUT2D eigenvalue weighted by Gasteiger charge is 2.23. The number of hydrogen-bond donors (Lipinski definition) is 3. The molecule has 3 aromatic rings. The van der Waals surface area contributed by atoms with E-state index in [1.54, 1.807) is 36.5 Å². The number of H-pyrrole nitrogens is 1. The van der Waals surface area contributed by atoms with E-state index < -0.39 is 11.2 Å². The van der Waals surface area contributed by atoms with Crippen molar-refractivity contribution in [2.45, 2.75) is 13.0 Å². The molecular formula is C19H18BrN5O3. The van der Waals surface area contributed by atoms with E-state index in [9.17, 15) is 14.4 Å². The van der Waals surface area contributed by atoms with Crippen molar-refractivity contribution in [3.8, 4) is 0 Å². The molecule has 4 rings (SSSR count). The largest absolute Gasteiger partial charge is 0.329 e. The Kier molecular flexibility index (Phi) is 5.10. The van der Waals surface area contributed by atoms with E-state index in [4.69, 9.17) is 0 Å². The number of halogens is 1. The normalized spacial score (nSPS) is 16.4. The van der Waals surface area contributed by atoms with Crippen LogP contribution >= 0.6 is 15.9 Å². The van der Waals surface area contributed by atoms with Gasteiger partial charge in [0.05, 0.1) is 29.1 Å². The van der Waals surface area contributed by atoms with E-state index in [1.165, 1.54) is 4.57 Å². The van der Waals surface area contributed by atoms with Gasteiger partial charge in [-0.2, -0.15) is 0 Å². The summed E-state index contributed by atoms with van der Waals surface area (Å²) in [5.41, 5.74) is 0.915. The fourth-order valence-corrected chi connectivity index (χ4v) is 3.68. The van der Waals surface area contributed by atoms with E-state index in [0.717, 1.165) is 18.5 Å². The standard InChI is InChI=1S/C19H18BrN5O3/c20-16-14(23-17(26)12-5-6-21-9-12)7-11(8-22-16)10-25-15-4-2-1-3-13(15)18(27)24-19(25)28/h1-4,7-8,12,21H,5-6,9-10H2,(H,23,26)(H,24,27,28)/t12-/m0/s1.